The van der Waals surface area contributed by atoms with Crippen LogP contribution in [0, 0.1) is 0 Å². The largest absolute Gasteiger partial charge is 0.495 e. The van der Waals surface area contributed by atoms with Crippen molar-refractivity contribution in [2.75, 3.05) is 7.11 Å². The molecule has 0 fully saturated rings. The molecule has 0 unspecified atom stereocenters. The molecule has 3 rings (SSSR count). The van der Waals surface area contributed by atoms with Gasteiger partial charge in [-0.05, 0) is 46.3 Å². The van der Waals surface area contributed by atoms with Crippen LogP contribution in [0.4, 0.5) is 0 Å². The lowest BCUT2D eigenvalue weighted by atomic mass is 10.2. The number of nitrogens with zero attached hydrogens (tertiary/aromatic N) is 1. The maximum absolute atomic E-state index is 6.27. The standard InChI is InChI=1S/C16H11BrClNO2/c1-20-13-6-3-7-14(15(13)18)21-12-8-9-19-16-10(12)4-2-5-11(16)17/h2-9H,1H3. The number of rotatable bonds is 3. The number of para-hydroxylation sites is 1. The van der Waals surface area contributed by atoms with E-state index in [0.29, 0.717) is 22.3 Å². The van der Waals surface area contributed by atoms with Crippen molar-refractivity contribution >= 4 is 38.4 Å². The van der Waals surface area contributed by atoms with Crippen LogP contribution in [0.5, 0.6) is 17.2 Å². The highest BCUT2D eigenvalue weighted by Gasteiger charge is 2.11. The van der Waals surface area contributed by atoms with E-state index in [1.54, 1.807) is 25.4 Å². The van der Waals surface area contributed by atoms with E-state index in [1.807, 2.05) is 30.3 Å². The molecule has 0 spiro atoms. The number of aromatic nitrogens is 1. The zero-order valence-corrected chi connectivity index (χ0v) is 13.5. The van der Waals surface area contributed by atoms with Crippen LogP contribution in [0.3, 0.4) is 0 Å². The topological polar surface area (TPSA) is 31.4 Å². The Balaban J connectivity index is 2.09. The lowest BCUT2D eigenvalue weighted by Gasteiger charge is -2.12. The molecule has 0 bridgehead atoms. The van der Waals surface area contributed by atoms with Crippen molar-refractivity contribution in [1.29, 1.82) is 0 Å². The molecule has 0 saturated carbocycles. The molecule has 0 aliphatic carbocycles. The Bertz CT molecular complexity index is 807. The first-order valence-electron chi connectivity index (χ1n) is 6.24. The molecule has 0 amide bonds. The highest BCUT2D eigenvalue weighted by molar-refractivity contribution is 9.10. The summed E-state index contributed by atoms with van der Waals surface area (Å²) in [5, 5.41) is 1.35. The SMILES string of the molecule is COc1cccc(Oc2ccnc3c(Br)cccc23)c1Cl. The quantitative estimate of drug-likeness (QED) is 0.619. The molecule has 0 aliphatic rings. The molecule has 0 atom stereocenters. The highest BCUT2D eigenvalue weighted by atomic mass is 79.9. The van der Waals surface area contributed by atoms with E-state index in [0.717, 1.165) is 15.4 Å². The van der Waals surface area contributed by atoms with Gasteiger partial charge in [0.05, 0.1) is 12.6 Å². The van der Waals surface area contributed by atoms with Gasteiger partial charge in [-0.3, -0.25) is 4.98 Å². The molecule has 0 radical (unpaired) electrons. The Labute approximate surface area is 135 Å². The summed E-state index contributed by atoms with van der Waals surface area (Å²) in [5.41, 5.74) is 0.842. The third-order valence-electron chi connectivity index (χ3n) is 3.05. The molecule has 5 heteroatoms. The number of methoxy groups -OCH3 is 1. The summed E-state index contributed by atoms with van der Waals surface area (Å²) < 4.78 is 12.1. The van der Waals surface area contributed by atoms with E-state index in [2.05, 4.69) is 20.9 Å². The first kappa shape index (κ1) is 14.2. The predicted molar refractivity (Wildman–Crippen MR) is 87.5 cm³/mol. The highest BCUT2D eigenvalue weighted by Crippen LogP contribution is 2.38. The number of fused-ring (bicyclic) bond motifs is 1. The fourth-order valence-corrected chi connectivity index (χ4v) is 2.76. The van der Waals surface area contributed by atoms with E-state index < -0.39 is 0 Å². The second kappa shape index (κ2) is 5.92. The Hall–Kier alpha value is -1.78. The smallest absolute Gasteiger partial charge is 0.149 e. The minimum absolute atomic E-state index is 0.444. The van der Waals surface area contributed by atoms with Crippen molar-refractivity contribution in [1.82, 2.24) is 4.98 Å². The number of pyridine rings is 1. The van der Waals surface area contributed by atoms with E-state index in [4.69, 9.17) is 21.1 Å². The molecule has 1 aromatic heterocycles. The molecular weight excluding hydrogens is 354 g/mol. The molecule has 2 aromatic carbocycles. The first-order valence-corrected chi connectivity index (χ1v) is 7.41. The van der Waals surface area contributed by atoms with Gasteiger partial charge in [-0.25, -0.2) is 0 Å². The first-order chi connectivity index (χ1) is 10.2. The summed E-state index contributed by atoms with van der Waals surface area (Å²) in [4.78, 5) is 4.35. The average molecular weight is 365 g/mol. The van der Waals surface area contributed by atoms with Crippen molar-refractivity contribution in [2.24, 2.45) is 0 Å². The van der Waals surface area contributed by atoms with Crippen molar-refractivity contribution in [3.63, 3.8) is 0 Å². The van der Waals surface area contributed by atoms with Gasteiger partial charge < -0.3 is 9.47 Å². The Kier molecular flexibility index (Phi) is 3.99. The van der Waals surface area contributed by atoms with Crippen LogP contribution in [0.25, 0.3) is 10.9 Å². The summed E-state index contributed by atoms with van der Waals surface area (Å²) in [6, 6.07) is 13.1. The van der Waals surface area contributed by atoms with Gasteiger partial charge >= 0.3 is 0 Å². The molecule has 21 heavy (non-hydrogen) atoms. The molecular formula is C16H11BrClNO2. The minimum Gasteiger partial charge on any atom is -0.495 e. The lowest BCUT2D eigenvalue weighted by Crippen LogP contribution is -1.91. The van der Waals surface area contributed by atoms with Gasteiger partial charge in [-0.15, -0.1) is 0 Å². The monoisotopic (exact) mass is 363 g/mol. The molecule has 1 heterocycles. The van der Waals surface area contributed by atoms with Gasteiger partial charge in [0.1, 0.15) is 22.3 Å². The van der Waals surface area contributed by atoms with E-state index >= 15 is 0 Å². The average Bonchev–Trinajstić information content (AvgIpc) is 2.50. The van der Waals surface area contributed by atoms with Crippen LogP contribution in [0.2, 0.25) is 5.02 Å². The maximum Gasteiger partial charge on any atom is 0.149 e. The van der Waals surface area contributed by atoms with Crippen LogP contribution in [-0.4, -0.2) is 12.1 Å². The lowest BCUT2D eigenvalue weighted by molar-refractivity contribution is 0.409. The number of halogens is 2. The molecule has 3 aromatic rings. The minimum atomic E-state index is 0.444. The van der Waals surface area contributed by atoms with Gasteiger partial charge in [0.25, 0.3) is 0 Å². The maximum atomic E-state index is 6.27. The molecule has 0 aliphatic heterocycles. The van der Waals surface area contributed by atoms with Crippen LogP contribution in [-0.2, 0) is 0 Å². The summed E-state index contributed by atoms with van der Waals surface area (Å²) in [7, 11) is 1.57. The summed E-state index contributed by atoms with van der Waals surface area (Å²) in [5.74, 6) is 1.81. The van der Waals surface area contributed by atoms with Crippen molar-refractivity contribution in [2.45, 2.75) is 0 Å². The number of ether oxygens (including phenoxy) is 2. The van der Waals surface area contributed by atoms with E-state index in [9.17, 15) is 0 Å². The Morgan fingerprint density at radius 2 is 1.76 bits per heavy atom. The van der Waals surface area contributed by atoms with E-state index in [1.165, 1.54) is 0 Å². The molecule has 3 nitrogen and oxygen atoms in total. The molecule has 106 valence electrons. The third-order valence-corrected chi connectivity index (χ3v) is 4.06. The second-order valence-electron chi connectivity index (χ2n) is 4.32. The summed E-state index contributed by atoms with van der Waals surface area (Å²) >= 11 is 9.76. The van der Waals surface area contributed by atoms with Gasteiger partial charge in [-0.2, -0.15) is 0 Å². The number of hydrogen-bond donors (Lipinski definition) is 0. The van der Waals surface area contributed by atoms with Gasteiger partial charge in [0.2, 0.25) is 0 Å². The van der Waals surface area contributed by atoms with Crippen LogP contribution >= 0.6 is 27.5 Å². The number of hydrogen-bond acceptors (Lipinski definition) is 3. The van der Waals surface area contributed by atoms with Crippen molar-refractivity contribution in [3.05, 3.63) is 58.2 Å². The Morgan fingerprint density at radius 3 is 2.57 bits per heavy atom. The fraction of sp³-hybridized carbons (Fsp3) is 0.0625. The van der Waals surface area contributed by atoms with Crippen molar-refractivity contribution < 1.29 is 9.47 Å². The van der Waals surface area contributed by atoms with Gasteiger partial charge in [0.15, 0.2) is 0 Å². The van der Waals surface area contributed by atoms with Crippen LogP contribution in [0.15, 0.2) is 53.1 Å². The summed E-state index contributed by atoms with van der Waals surface area (Å²) in [6.45, 7) is 0. The number of benzene rings is 2. The second-order valence-corrected chi connectivity index (χ2v) is 5.55. The van der Waals surface area contributed by atoms with E-state index in [-0.39, 0.29) is 0 Å². The Morgan fingerprint density at radius 1 is 1.00 bits per heavy atom. The van der Waals surface area contributed by atoms with Gasteiger partial charge in [-0.1, -0.05) is 23.7 Å². The zero-order chi connectivity index (χ0) is 14.8. The van der Waals surface area contributed by atoms with Crippen LogP contribution in [0.1, 0.15) is 0 Å². The van der Waals surface area contributed by atoms with Crippen LogP contribution < -0.4 is 9.47 Å². The van der Waals surface area contributed by atoms with Gasteiger partial charge in [0, 0.05) is 16.1 Å². The fourth-order valence-electron chi connectivity index (χ4n) is 2.05. The zero-order valence-electron chi connectivity index (χ0n) is 11.1. The predicted octanol–water partition coefficient (Wildman–Crippen LogP) is 5.45. The molecule has 0 saturated heterocycles. The molecule has 0 N–H and O–H groups in total. The normalized spacial score (nSPS) is 10.6. The summed E-state index contributed by atoms with van der Waals surface area (Å²) in [6.07, 6.45) is 1.70. The third kappa shape index (κ3) is 2.69. The van der Waals surface area contributed by atoms with Crippen molar-refractivity contribution in [3.8, 4) is 17.2 Å².